The molecule has 0 fully saturated rings. The Bertz CT molecular complexity index is 660. The first-order chi connectivity index (χ1) is 9.79. The number of aromatic nitrogens is 2. The third-order valence-corrected chi connectivity index (χ3v) is 3.25. The Labute approximate surface area is 126 Å². The van der Waals surface area contributed by atoms with Crippen LogP contribution in [0, 0.1) is 0 Å². The Morgan fingerprint density at radius 1 is 1.14 bits per heavy atom. The first-order valence-corrected chi connectivity index (χ1v) is 6.55. The minimum Gasteiger partial charge on any atom is -0.373 e. The van der Waals surface area contributed by atoms with E-state index in [2.05, 4.69) is 36.5 Å². The van der Waals surface area contributed by atoms with Gasteiger partial charge in [-0.2, -0.15) is 23.1 Å². The molecule has 0 radical (unpaired) electrons. The van der Waals surface area contributed by atoms with Crippen LogP contribution in [0.5, 0.6) is 0 Å². The van der Waals surface area contributed by atoms with Crippen molar-refractivity contribution in [1.29, 1.82) is 0 Å². The van der Waals surface area contributed by atoms with Gasteiger partial charge in [0, 0.05) is 17.6 Å². The van der Waals surface area contributed by atoms with E-state index in [9.17, 15) is 13.2 Å². The molecule has 1 heterocycles. The lowest BCUT2D eigenvalue weighted by Gasteiger charge is -2.13. The zero-order valence-corrected chi connectivity index (χ0v) is 12.4. The molecule has 112 valence electrons. The minimum atomic E-state index is -4.42. The number of nitrogens with zero attached hydrogens (tertiary/aromatic N) is 2. The van der Waals surface area contributed by atoms with Crippen molar-refractivity contribution >= 4 is 39.2 Å². The third kappa shape index (κ3) is 3.75. The van der Waals surface area contributed by atoms with Crippen molar-refractivity contribution in [2.45, 2.75) is 6.18 Å². The van der Waals surface area contributed by atoms with Crippen LogP contribution in [0.2, 0.25) is 0 Å². The molecule has 0 aliphatic carbocycles. The number of rotatable bonds is 3. The minimum absolute atomic E-state index is 0.00690. The van der Waals surface area contributed by atoms with Gasteiger partial charge in [0.1, 0.15) is 11.6 Å². The van der Waals surface area contributed by atoms with Crippen LogP contribution in [0.25, 0.3) is 0 Å². The normalized spacial score (nSPS) is 11.3. The van der Waals surface area contributed by atoms with Crippen molar-refractivity contribution < 1.29 is 13.2 Å². The molecule has 2 rings (SSSR count). The number of nitrogens with one attached hydrogen (secondary N) is 2. The van der Waals surface area contributed by atoms with Gasteiger partial charge in [-0.1, -0.05) is 0 Å². The summed E-state index contributed by atoms with van der Waals surface area (Å²) in [6.45, 7) is 0. The maximum Gasteiger partial charge on any atom is 0.416 e. The maximum atomic E-state index is 12.7. The van der Waals surface area contributed by atoms with E-state index in [1.165, 1.54) is 12.1 Å². The van der Waals surface area contributed by atoms with Gasteiger partial charge in [-0.25, -0.2) is 0 Å². The molecule has 0 unspecified atom stereocenters. The summed E-state index contributed by atoms with van der Waals surface area (Å²) >= 11 is 3.19. The fraction of sp³-hybridized carbons (Fsp3) is 0.167. The standard InChI is InChI=1S/C12H11BrF3N5/c1-18-9-5-10(21-11(17)20-9)19-8-4-6(12(14,15)16)2-3-7(8)13/h2-5H,1H3,(H4,17,18,19,20,21). The molecule has 0 amide bonds. The summed E-state index contributed by atoms with van der Waals surface area (Å²) in [6, 6.07) is 4.82. The summed E-state index contributed by atoms with van der Waals surface area (Å²) in [5, 5.41) is 5.56. The molecule has 2 aromatic rings. The van der Waals surface area contributed by atoms with Gasteiger partial charge >= 0.3 is 6.18 Å². The molecule has 0 spiro atoms. The highest BCUT2D eigenvalue weighted by Gasteiger charge is 2.30. The van der Waals surface area contributed by atoms with Gasteiger partial charge in [-0.05, 0) is 34.1 Å². The van der Waals surface area contributed by atoms with E-state index in [0.717, 1.165) is 12.1 Å². The zero-order chi connectivity index (χ0) is 15.6. The molecule has 0 saturated carbocycles. The quantitative estimate of drug-likeness (QED) is 0.778. The van der Waals surface area contributed by atoms with Crippen molar-refractivity contribution in [3.05, 3.63) is 34.3 Å². The molecule has 5 nitrogen and oxygen atoms in total. The lowest BCUT2D eigenvalue weighted by atomic mass is 10.2. The van der Waals surface area contributed by atoms with Crippen LogP contribution in [0.1, 0.15) is 5.56 Å². The average Bonchev–Trinajstić information content (AvgIpc) is 2.39. The topological polar surface area (TPSA) is 75.9 Å². The molecule has 0 atom stereocenters. The lowest BCUT2D eigenvalue weighted by Crippen LogP contribution is -2.07. The molecule has 4 N–H and O–H groups in total. The predicted octanol–water partition coefficient (Wildman–Crippen LogP) is 3.63. The monoisotopic (exact) mass is 361 g/mol. The van der Waals surface area contributed by atoms with E-state index < -0.39 is 11.7 Å². The SMILES string of the molecule is CNc1cc(Nc2cc(C(F)(F)F)ccc2Br)nc(N)n1. The fourth-order valence-electron chi connectivity index (χ4n) is 1.59. The first kappa shape index (κ1) is 15.4. The van der Waals surface area contributed by atoms with Gasteiger partial charge in [0.25, 0.3) is 0 Å². The summed E-state index contributed by atoms with van der Waals surface area (Å²) in [6.07, 6.45) is -4.42. The largest absolute Gasteiger partial charge is 0.416 e. The third-order valence-electron chi connectivity index (χ3n) is 2.56. The number of hydrogen-bond donors (Lipinski definition) is 3. The second-order valence-corrected chi connectivity index (χ2v) is 4.92. The molecule has 0 saturated heterocycles. The van der Waals surface area contributed by atoms with Crippen LogP contribution in [0.15, 0.2) is 28.7 Å². The summed E-state index contributed by atoms with van der Waals surface area (Å²) in [5.41, 5.74) is 5.00. The molecule has 0 aliphatic heterocycles. The zero-order valence-electron chi connectivity index (χ0n) is 10.8. The van der Waals surface area contributed by atoms with E-state index in [4.69, 9.17) is 5.73 Å². The van der Waals surface area contributed by atoms with Crippen LogP contribution in [0.4, 0.5) is 36.4 Å². The van der Waals surface area contributed by atoms with Crippen LogP contribution < -0.4 is 16.4 Å². The molecular formula is C12H11BrF3N5. The van der Waals surface area contributed by atoms with E-state index in [1.54, 1.807) is 7.05 Å². The number of anilines is 4. The van der Waals surface area contributed by atoms with Gasteiger partial charge in [-0.3, -0.25) is 0 Å². The second kappa shape index (κ2) is 5.76. The first-order valence-electron chi connectivity index (χ1n) is 5.75. The van der Waals surface area contributed by atoms with Gasteiger partial charge in [0.2, 0.25) is 5.95 Å². The van der Waals surface area contributed by atoms with E-state index >= 15 is 0 Å². The van der Waals surface area contributed by atoms with Crippen molar-refractivity contribution in [1.82, 2.24) is 9.97 Å². The number of hydrogen-bond acceptors (Lipinski definition) is 5. The van der Waals surface area contributed by atoms with Gasteiger partial charge < -0.3 is 16.4 Å². The maximum absolute atomic E-state index is 12.7. The van der Waals surface area contributed by atoms with Gasteiger partial charge in [0.05, 0.1) is 11.3 Å². The molecule has 0 bridgehead atoms. The summed E-state index contributed by atoms with van der Waals surface area (Å²) in [7, 11) is 1.64. The summed E-state index contributed by atoms with van der Waals surface area (Å²) < 4.78 is 38.6. The van der Waals surface area contributed by atoms with E-state index in [1.807, 2.05) is 0 Å². The van der Waals surface area contributed by atoms with Gasteiger partial charge in [0.15, 0.2) is 0 Å². The second-order valence-electron chi connectivity index (χ2n) is 4.06. The molecular weight excluding hydrogens is 351 g/mol. The molecule has 21 heavy (non-hydrogen) atoms. The molecule has 9 heteroatoms. The number of nitrogens with two attached hydrogens (primary N) is 1. The Morgan fingerprint density at radius 3 is 2.43 bits per heavy atom. The Balaban J connectivity index is 2.37. The van der Waals surface area contributed by atoms with Crippen molar-refractivity contribution in [3.63, 3.8) is 0 Å². The van der Waals surface area contributed by atoms with Crippen LogP contribution >= 0.6 is 15.9 Å². The van der Waals surface area contributed by atoms with E-state index in [0.29, 0.717) is 10.3 Å². The summed E-state index contributed by atoms with van der Waals surface area (Å²) in [5.74, 6) is 0.743. The van der Waals surface area contributed by atoms with Crippen LogP contribution in [0.3, 0.4) is 0 Å². The molecule has 1 aromatic heterocycles. The fourth-order valence-corrected chi connectivity index (χ4v) is 1.94. The highest BCUT2D eigenvalue weighted by atomic mass is 79.9. The summed E-state index contributed by atoms with van der Waals surface area (Å²) in [4.78, 5) is 7.82. The Morgan fingerprint density at radius 2 is 1.81 bits per heavy atom. The number of halogens is 4. The molecule has 1 aromatic carbocycles. The highest BCUT2D eigenvalue weighted by Crippen LogP contribution is 2.35. The van der Waals surface area contributed by atoms with Crippen molar-refractivity contribution in [3.8, 4) is 0 Å². The lowest BCUT2D eigenvalue weighted by molar-refractivity contribution is -0.137. The number of benzene rings is 1. The Kier molecular flexibility index (Phi) is 4.21. The van der Waals surface area contributed by atoms with Crippen LogP contribution in [-0.4, -0.2) is 17.0 Å². The van der Waals surface area contributed by atoms with Crippen LogP contribution in [-0.2, 0) is 6.18 Å². The molecule has 0 aliphatic rings. The Hall–Kier alpha value is -2.03. The highest BCUT2D eigenvalue weighted by molar-refractivity contribution is 9.10. The van der Waals surface area contributed by atoms with Gasteiger partial charge in [-0.15, -0.1) is 0 Å². The smallest absolute Gasteiger partial charge is 0.373 e. The number of alkyl halides is 3. The number of nitrogen functional groups attached to an aromatic ring is 1. The van der Waals surface area contributed by atoms with Crippen molar-refractivity contribution in [2.75, 3.05) is 23.4 Å². The predicted molar refractivity (Wildman–Crippen MR) is 78.4 cm³/mol. The van der Waals surface area contributed by atoms with Crippen molar-refractivity contribution in [2.24, 2.45) is 0 Å². The van der Waals surface area contributed by atoms with E-state index in [-0.39, 0.29) is 17.5 Å². The average molecular weight is 362 g/mol.